The molecule has 2 rings (SSSR count). The van der Waals surface area contributed by atoms with Gasteiger partial charge in [-0.3, -0.25) is 9.59 Å². The van der Waals surface area contributed by atoms with Gasteiger partial charge in [0.25, 0.3) is 5.91 Å². The number of likely N-dealkylation sites (N-methyl/N-ethyl adjacent to an activating group) is 1. The first kappa shape index (κ1) is 13.5. The van der Waals surface area contributed by atoms with Crippen molar-refractivity contribution in [2.75, 3.05) is 26.8 Å². The van der Waals surface area contributed by atoms with Crippen LogP contribution < -0.4 is 5.32 Å². The van der Waals surface area contributed by atoms with Crippen LogP contribution in [-0.4, -0.2) is 49.6 Å². The van der Waals surface area contributed by atoms with E-state index in [1.54, 1.807) is 0 Å². The predicted octanol–water partition coefficient (Wildman–Crippen LogP) is 0.413. The number of nitrogens with one attached hydrogen (secondary N) is 1. The number of carbonyl (C=O) groups excluding carboxylic acids is 2. The fraction of sp³-hybridized carbons (Fsp3) is 0.385. The van der Waals surface area contributed by atoms with Crippen LogP contribution in [0.2, 0.25) is 0 Å². The third kappa shape index (κ3) is 2.90. The molecule has 19 heavy (non-hydrogen) atoms. The van der Waals surface area contributed by atoms with Crippen molar-refractivity contribution in [3.63, 3.8) is 0 Å². The van der Waals surface area contributed by atoms with Crippen molar-refractivity contribution in [2.45, 2.75) is 6.04 Å². The van der Waals surface area contributed by atoms with Crippen molar-refractivity contribution >= 4 is 11.8 Å². The smallest absolute Gasteiger partial charge is 0.254 e. The van der Waals surface area contributed by atoms with E-state index in [-0.39, 0.29) is 18.4 Å². The minimum absolute atomic E-state index is 0.173. The first-order valence-corrected chi connectivity index (χ1v) is 5.99. The van der Waals surface area contributed by atoms with Crippen molar-refractivity contribution in [3.8, 4) is 0 Å². The maximum atomic E-state index is 12.8. The van der Waals surface area contributed by atoms with Gasteiger partial charge in [0.1, 0.15) is 11.9 Å². The van der Waals surface area contributed by atoms with E-state index in [9.17, 15) is 14.0 Å². The summed E-state index contributed by atoms with van der Waals surface area (Å²) in [6.45, 7) is 0.904. The summed E-state index contributed by atoms with van der Waals surface area (Å²) >= 11 is 0. The molecule has 0 saturated carbocycles. The van der Waals surface area contributed by atoms with Gasteiger partial charge in [-0.05, 0) is 24.3 Å². The van der Waals surface area contributed by atoms with E-state index < -0.39 is 11.9 Å². The van der Waals surface area contributed by atoms with Crippen LogP contribution in [0, 0.1) is 5.82 Å². The van der Waals surface area contributed by atoms with Gasteiger partial charge < -0.3 is 15.0 Å². The van der Waals surface area contributed by atoms with Gasteiger partial charge in [-0.2, -0.15) is 0 Å². The van der Waals surface area contributed by atoms with Crippen LogP contribution >= 0.6 is 0 Å². The Bertz CT molecular complexity index is 475. The molecule has 6 heteroatoms. The molecule has 1 fully saturated rings. The summed E-state index contributed by atoms with van der Waals surface area (Å²) in [6.07, 6.45) is 0. The summed E-state index contributed by atoms with van der Waals surface area (Å²) in [5, 5.41) is 2.51. The van der Waals surface area contributed by atoms with Gasteiger partial charge in [0.05, 0.1) is 13.2 Å². The Kier molecular flexibility index (Phi) is 4.11. The topological polar surface area (TPSA) is 58.6 Å². The lowest BCUT2D eigenvalue weighted by Gasteiger charge is -2.34. The Morgan fingerprint density at radius 1 is 1.37 bits per heavy atom. The van der Waals surface area contributed by atoms with Crippen molar-refractivity contribution in [1.29, 1.82) is 0 Å². The van der Waals surface area contributed by atoms with Crippen LogP contribution in [0.25, 0.3) is 0 Å². The molecule has 1 aromatic rings. The summed E-state index contributed by atoms with van der Waals surface area (Å²) in [7, 11) is 1.51. The van der Waals surface area contributed by atoms with Crippen molar-refractivity contribution in [1.82, 2.24) is 10.2 Å². The molecule has 1 N–H and O–H groups in total. The summed E-state index contributed by atoms with van der Waals surface area (Å²) in [4.78, 5) is 25.5. The van der Waals surface area contributed by atoms with Crippen molar-refractivity contribution in [2.24, 2.45) is 0 Å². The molecule has 1 aromatic carbocycles. The Labute approximate surface area is 110 Å². The number of ether oxygens (including phenoxy) is 1. The quantitative estimate of drug-likeness (QED) is 0.843. The Hall–Kier alpha value is -1.95. The molecule has 1 aliphatic heterocycles. The van der Waals surface area contributed by atoms with Crippen molar-refractivity contribution in [3.05, 3.63) is 35.6 Å². The zero-order chi connectivity index (χ0) is 13.8. The third-order valence-electron chi connectivity index (χ3n) is 3.03. The number of amides is 2. The lowest BCUT2D eigenvalue weighted by atomic mass is 10.1. The molecule has 1 heterocycles. The van der Waals surface area contributed by atoms with Gasteiger partial charge in [0.15, 0.2) is 0 Å². The van der Waals surface area contributed by atoms with Gasteiger partial charge in [0, 0.05) is 19.2 Å². The van der Waals surface area contributed by atoms with E-state index >= 15 is 0 Å². The van der Waals surface area contributed by atoms with Crippen molar-refractivity contribution < 1.29 is 18.7 Å². The van der Waals surface area contributed by atoms with Crippen LogP contribution in [0.1, 0.15) is 10.4 Å². The molecule has 1 unspecified atom stereocenters. The zero-order valence-electron chi connectivity index (χ0n) is 10.6. The maximum absolute atomic E-state index is 12.8. The highest BCUT2D eigenvalue weighted by molar-refractivity contribution is 5.97. The lowest BCUT2D eigenvalue weighted by molar-refractivity contribution is -0.130. The van der Waals surface area contributed by atoms with E-state index in [0.717, 1.165) is 0 Å². The second kappa shape index (κ2) is 5.79. The number of hydrogen-bond donors (Lipinski definition) is 1. The molecule has 1 aliphatic rings. The number of benzene rings is 1. The predicted molar refractivity (Wildman–Crippen MR) is 66.1 cm³/mol. The molecule has 0 bridgehead atoms. The maximum Gasteiger partial charge on any atom is 0.254 e. The van der Waals surface area contributed by atoms with Crippen LogP contribution in [0.15, 0.2) is 24.3 Å². The normalized spacial score (nSPS) is 19.1. The van der Waals surface area contributed by atoms with E-state index in [0.29, 0.717) is 18.7 Å². The molecular weight excluding hydrogens is 251 g/mol. The molecular formula is C13H15FN2O3. The summed E-state index contributed by atoms with van der Waals surface area (Å²) in [5.41, 5.74) is 0.359. The molecule has 0 aliphatic carbocycles. The molecule has 102 valence electrons. The number of morpholine rings is 1. The highest BCUT2D eigenvalue weighted by Crippen LogP contribution is 2.13. The molecule has 1 atom stereocenters. The molecule has 2 amide bonds. The lowest BCUT2D eigenvalue weighted by Crippen LogP contribution is -2.55. The average Bonchev–Trinajstić information content (AvgIpc) is 2.46. The van der Waals surface area contributed by atoms with Gasteiger partial charge in [0.2, 0.25) is 5.91 Å². The highest BCUT2D eigenvalue weighted by atomic mass is 19.1. The molecule has 0 radical (unpaired) electrons. The number of rotatable bonds is 2. The van der Waals surface area contributed by atoms with E-state index in [1.807, 2.05) is 0 Å². The zero-order valence-corrected chi connectivity index (χ0v) is 10.6. The number of halogens is 1. The van der Waals surface area contributed by atoms with E-state index in [1.165, 1.54) is 36.2 Å². The van der Waals surface area contributed by atoms with E-state index in [2.05, 4.69) is 5.32 Å². The third-order valence-corrected chi connectivity index (χ3v) is 3.03. The van der Waals surface area contributed by atoms with Crippen LogP contribution in [0.5, 0.6) is 0 Å². The minimum Gasteiger partial charge on any atom is -0.377 e. The Balaban J connectivity index is 2.20. The van der Waals surface area contributed by atoms with Crippen LogP contribution in [0.4, 0.5) is 4.39 Å². The Morgan fingerprint density at radius 3 is 2.68 bits per heavy atom. The largest absolute Gasteiger partial charge is 0.377 e. The molecule has 0 spiro atoms. The summed E-state index contributed by atoms with van der Waals surface area (Å²) < 4.78 is 18.1. The van der Waals surface area contributed by atoms with Gasteiger partial charge >= 0.3 is 0 Å². The van der Waals surface area contributed by atoms with Crippen LogP contribution in [-0.2, 0) is 9.53 Å². The fourth-order valence-electron chi connectivity index (χ4n) is 1.99. The number of nitrogens with zero attached hydrogens (tertiary/aromatic N) is 1. The van der Waals surface area contributed by atoms with Gasteiger partial charge in [-0.1, -0.05) is 0 Å². The molecule has 1 saturated heterocycles. The average molecular weight is 266 g/mol. The summed E-state index contributed by atoms with van der Waals surface area (Å²) in [6, 6.07) is 4.63. The fourth-order valence-corrected chi connectivity index (χ4v) is 1.99. The van der Waals surface area contributed by atoms with E-state index in [4.69, 9.17) is 4.74 Å². The van der Waals surface area contributed by atoms with Gasteiger partial charge in [-0.15, -0.1) is 0 Å². The second-order valence-electron chi connectivity index (χ2n) is 4.21. The minimum atomic E-state index is -0.642. The van der Waals surface area contributed by atoms with Gasteiger partial charge in [-0.25, -0.2) is 4.39 Å². The number of carbonyl (C=O) groups is 2. The first-order chi connectivity index (χ1) is 9.13. The molecule has 0 aromatic heterocycles. The monoisotopic (exact) mass is 266 g/mol. The molecule has 5 nitrogen and oxygen atoms in total. The number of hydrogen-bond acceptors (Lipinski definition) is 3. The highest BCUT2D eigenvalue weighted by Gasteiger charge is 2.32. The standard InChI is InChI=1S/C13H15FN2O3/c1-15-12(17)11-8-19-7-6-16(11)13(18)9-2-4-10(14)5-3-9/h2-5,11H,6-8H2,1H3,(H,15,17). The second-order valence-corrected chi connectivity index (χ2v) is 4.21. The Morgan fingerprint density at radius 2 is 2.05 bits per heavy atom. The summed E-state index contributed by atoms with van der Waals surface area (Å²) in [5.74, 6) is -0.964. The SMILES string of the molecule is CNC(=O)C1COCCN1C(=O)c1ccc(F)cc1. The first-order valence-electron chi connectivity index (χ1n) is 5.99. The van der Waals surface area contributed by atoms with Crippen LogP contribution in [0.3, 0.4) is 0 Å².